The van der Waals surface area contributed by atoms with Crippen molar-refractivity contribution in [3.05, 3.63) is 67.3 Å². The van der Waals surface area contributed by atoms with Gasteiger partial charge in [0.1, 0.15) is 37.3 Å². The zero-order chi connectivity index (χ0) is 30.3. The second kappa shape index (κ2) is 11.4. The number of hydrogen-bond donors (Lipinski definition) is 2. The first-order chi connectivity index (χ1) is 21.4. The highest BCUT2D eigenvalue weighted by molar-refractivity contribution is 5.77. The molecule has 226 valence electrons. The largest absolute Gasteiger partial charge is 0.490 e. The summed E-state index contributed by atoms with van der Waals surface area (Å²) in [5.74, 6) is -0.0455. The molecular formula is C30H30N8O6. The first-order valence-corrected chi connectivity index (χ1v) is 14.1. The van der Waals surface area contributed by atoms with E-state index in [-0.39, 0.29) is 31.6 Å². The summed E-state index contributed by atoms with van der Waals surface area (Å²) in [6.45, 7) is 3.75. The number of nitrogen functional groups attached to an aromatic ring is 1. The fourth-order valence-electron chi connectivity index (χ4n) is 5.40. The van der Waals surface area contributed by atoms with E-state index in [4.69, 9.17) is 34.4 Å². The van der Waals surface area contributed by atoms with Crippen LogP contribution in [0.1, 0.15) is 20.1 Å². The zero-order valence-corrected chi connectivity index (χ0v) is 24.0. The van der Waals surface area contributed by atoms with Gasteiger partial charge in [0.2, 0.25) is 11.8 Å². The Morgan fingerprint density at radius 3 is 2.20 bits per heavy atom. The SMILES string of the molecule is CC1(C)O[C@@H]2[C@H](O1)[C@@H](CO)O[C@H]2n1cnc2c(OCCOc3cc(-c4ccccn4)nc(-c4ccccn4)c3)nc(N)nc21. The number of rotatable bonds is 9. The van der Waals surface area contributed by atoms with Crippen molar-refractivity contribution < 1.29 is 28.8 Å². The van der Waals surface area contributed by atoms with E-state index in [0.29, 0.717) is 39.7 Å². The van der Waals surface area contributed by atoms with Crippen LogP contribution in [-0.2, 0) is 14.2 Å². The lowest BCUT2D eigenvalue weighted by molar-refractivity contribution is -0.199. The van der Waals surface area contributed by atoms with E-state index in [1.165, 1.54) is 0 Å². The molecule has 0 bridgehead atoms. The Balaban J connectivity index is 1.09. The van der Waals surface area contributed by atoms with Crippen molar-refractivity contribution in [2.45, 2.75) is 44.2 Å². The molecule has 2 saturated heterocycles. The molecule has 0 amide bonds. The first kappa shape index (κ1) is 28.0. The average molecular weight is 599 g/mol. The summed E-state index contributed by atoms with van der Waals surface area (Å²) in [5, 5.41) is 9.88. The molecule has 0 saturated carbocycles. The molecule has 2 fully saturated rings. The van der Waals surface area contributed by atoms with E-state index in [1.54, 1.807) is 23.3 Å². The van der Waals surface area contributed by atoms with Gasteiger partial charge in [-0.3, -0.25) is 14.5 Å². The highest BCUT2D eigenvalue weighted by Crippen LogP contribution is 2.44. The van der Waals surface area contributed by atoms with Gasteiger partial charge >= 0.3 is 0 Å². The van der Waals surface area contributed by atoms with E-state index in [9.17, 15) is 5.11 Å². The molecule has 4 atom stereocenters. The quantitative estimate of drug-likeness (QED) is 0.237. The van der Waals surface area contributed by atoms with Crippen molar-refractivity contribution in [2.75, 3.05) is 25.6 Å². The number of aliphatic hydroxyl groups excluding tert-OH is 1. The van der Waals surface area contributed by atoms with Crippen LogP contribution in [0.5, 0.6) is 11.6 Å². The van der Waals surface area contributed by atoms with Gasteiger partial charge in [0, 0.05) is 24.5 Å². The Hall–Kier alpha value is -4.76. The van der Waals surface area contributed by atoms with Crippen LogP contribution < -0.4 is 15.2 Å². The van der Waals surface area contributed by atoms with Crippen molar-refractivity contribution in [2.24, 2.45) is 0 Å². The number of fused-ring (bicyclic) bond motifs is 2. The molecule has 7 heterocycles. The lowest BCUT2D eigenvalue weighted by Crippen LogP contribution is -2.31. The molecule has 0 aromatic carbocycles. The summed E-state index contributed by atoms with van der Waals surface area (Å²) in [6, 6.07) is 14.9. The second-order valence-electron chi connectivity index (χ2n) is 10.7. The van der Waals surface area contributed by atoms with E-state index >= 15 is 0 Å². The molecule has 2 aliphatic heterocycles. The van der Waals surface area contributed by atoms with Crippen LogP contribution in [-0.4, -0.2) is 83.5 Å². The third-order valence-corrected chi connectivity index (χ3v) is 7.23. The molecular weight excluding hydrogens is 568 g/mol. The summed E-state index contributed by atoms with van der Waals surface area (Å²) in [7, 11) is 0. The van der Waals surface area contributed by atoms with Crippen molar-refractivity contribution in [3.63, 3.8) is 0 Å². The molecule has 5 aromatic rings. The molecule has 0 unspecified atom stereocenters. The molecule has 5 aromatic heterocycles. The van der Waals surface area contributed by atoms with Crippen LogP contribution in [0.4, 0.5) is 5.95 Å². The summed E-state index contributed by atoms with van der Waals surface area (Å²) in [4.78, 5) is 26.8. The van der Waals surface area contributed by atoms with Crippen LogP contribution in [0.15, 0.2) is 67.3 Å². The van der Waals surface area contributed by atoms with E-state index < -0.39 is 30.3 Å². The minimum absolute atomic E-state index is 0.00137. The maximum Gasteiger partial charge on any atom is 0.247 e. The monoisotopic (exact) mass is 598 g/mol. The highest BCUT2D eigenvalue weighted by atomic mass is 16.8. The Morgan fingerprint density at radius 2 is 1.55 bits per heavy atom. The summed E-state index contributed by atoms with van der Waals surface area (Å²) in [6.07, 6.45) is 2.84. The van der Waals surface area contributed by atoms with Crippen LogP contribution in [0.25, 0.3) is 33.9 Å². The summed E-state index contributed by atoms with van der Waals surface area (Å²) in [5.41, 5.74) is 9.58. The van der Waals surface area contributed by atoms with Gasteiger partial charge in [0.05, 0.1) is 35.7 Å². The number of anilines is 1. The minimum Gasteiger partial charge on any atom is -0.490 e. The molecule has 14 nitrogen and oxygen atoms in total. The molecule has 7 rings (SSSR count). The number of aromatic nitrogens is 7. The topological polar surface area (TPSA) is 175 Å². The molecule has 0 spiro atoms. The number of nitrogens with two attached hydrogens (primary N) is 1. The van der Waals surface area contributed by atoms with Gasteiger partial charge in [0.25, 0.3) is 0 Å². The van der Waals surface area contributed by atoms with E-state index in [0.717, 1.165) is 0 Å². The van der Waals surface area contributed by atoms with Crippen molar-refractivity contribution >= 4 is 17.1 Å². The number of nitrogens with zero attached hydrogens (tertiary/aromatic N) is 7. The lowest BCUT2D eigenvalue weighted by Gasteiger charge is -2.24. The van der Waals surface area contributed by atoms with Crippen molar-refractivity contribution in [1.82, 2.24) is 34.5 Å². The Kier molecular flexibility index (Phi) is 7.26. The van der Waals surface area contributed by atoms with E-state index in [2.05, 4.69) is 24.9 Å². The van der Waals surface area contributed by atoms with Gasteiger partial charge in [-0.25, -0.2) is 9.97 Å². The summed E-state index contributed by atoms with van der Waals surface area (Å²) < 4.78 is 31.9. The van der Waals surface area contributed by atoms with E-state index in [1.807, 2.05) is 62.4 Å². The normalized spacial score (nSPS) is 22.2. The van der Waals surface area contributed by atoms with Crippen LogP contribution in [0.2, 0.25) is 0 Å². The van der Waals surface area contributed by atoms with Crippen LogP contribution in [0.3, 0.4) is 0 Å². The second-order valence-corrected chi connectivity index (χ2v) is 10.7. The average Bonchev–Trinajstić information content (AvgIpc) is 3.70. The fourth-order valence-corrected chi connectivity index (χ4v) is 5.40. The number of pyridine rings is 3. The third kappa shape index (κ3) is 5.39. The Morgan fingerprint density at radius 1 is 0.864 bits per heavy atom. The van der Waals surface area contributed by atoms with Crippen LogP contribution >= 0.6 is 0 Å². The zero-order valence-electron chi connectivity index (χ0n) is 24.0. The maximum atomic E-state index is 9.88. The molecule has 0 radical (unpaired) electrons. The number of aliphatic hydroxyl groups is 1. The molecule has 0 aliphatic carbocycles. The van der Waals surface area contributed by atoms with Crippen LogP contribution in [0, 0.1) is 0 Å². The van der Waals surface area contributed by atoms with Crippen molar-refractivity contribution in [3.8, 4) is 34.4 Å². The Labute approximate surface area is 251 Å². The number of hydrogen-bond acceptors (Lipinski definition) is 13. The molecule has 3 N–H and O–H groups in total. The molecule has 44 heavy (non-hydrogen) atoms. The summed E-state index contributed by atoms with van der Waals surface area (Å²) >= 11 is 0. The van der Waals surface area contributed by atoms with Gasteiger partial charge in [-0.05, 0) is 38.1 Å². The highest BCUT2D eigenvalue weighted by Gasteiger charge is 2.56. The smallest absolute Gasteiger partial charge is 0.247 e. The predicted molar refractivity (Wildman–Crippen MR) is 156 cm³/mol. The van der Waals surface area contributed by atoms with Gasteiger partial charge < -0.3 is 34.5 Å². The first-order valence-electron chi connectivity index (χ1n) is 14.1. The predicted octanol–water partition coefficient (Wildman–Crippen LogP) is 2.80. The van der Waals surface area contributed by atoms with Gasteiger partial charge in [-0.2, -0.15) is 9.97 Å². The van der Waals surface area contributed by atoms with Gasteiger partial charge in [-0.1, -0.05) is 12.1 Å². The number of imidazole rings is 1. The molecule has 2 aliphatic rings. The lowest BCUT2D eigenvalue weighted by atomic mass is 10.1. The minimum atomic E-state index is -0.824. The Bertz CT molecular complexity index is 1710. The van der Waals surface area contributed by atoms with Gasteiger partial charge in [0.15, 0.2) is 23.2 Å². The number of ether oxygens (including phenoxy) is 5. The molecule has 14 heteroatoms. The third-order valence-electron chi connectivity index (χ3n) is 7.23. The standard InChI is InChI=1S/C30H30N8O6/c1-30(2)43-24-22(15-39)42-28(25(24)44-30)38-16-34-23-26(38)36-29(31)37-27(23)41-12-11-40-17-13-20(18-7-3-5-9-32-18)35-21(14-17)19-8-4-6-10-33-19/h3-10,13-14,16,22,24-25,28,39H,11-12,15H2,1-2H3,(H2,31,36,37)/t22-,24-,25-,28-/m1/s1. The van der Waals surface area contributed by atoms with Gasteiger partial charge in [-0.15, -0.1) is 0 Å². The maximum absolute atomic E-state index is 9.88. The fraction of sp³-hybridized carbons (Fsp3) is 0.333. The van der Waals surface area contributed by atoms with Crippen molar-refractivity contribution in [1.29, 1.82) is 0 Å².